The lowest BCUT2D eigenvalue weighted by molar-refractivity contribution is -0.00814. The minimum absolute atomic E-state index is 0.0478. The molecule has 3 heterocycles. The van der Waals surface area contributed by atoms with E-state index in [1.165, 1.54) is 36.3 Å². The summed E-state index contributed by atoms with van der Waals surface area (Å²) in [5, 5.41) is 8.37. The predicted octanol–water partition coefficient (Wildman–Crippen LogP) is 4.99. The summed E-state index contributed by atoms with van der Waals surface area (Å²) in [5.74, 6) is -5.02. The Hall–Kier alpha value is -4.17. The van der Waals surface area contributed by atoms with E-state index in [-0.39, 0.29) is 36.3 Å². The van der Waals surface area contributed by atoms with Crippen LogP contribution in [0.25, 0.3) is 11.8 Å². The normalized spacial score (nSPS) is 20.2. The second-order valence-electron chi connectivity index (χ2n) is 11.4. The summed E-state index contributed by atoms with van der Waals surface area (Å²) in [6.07, 6.45) is 7.09. The Bertz CT molecular complexity index is 1880. The van der Waals surface area contributed by atoms with Crippen molar-refractivity contribution in [2.75, 3.05) is 6.54 Å². The molecule has 0 aliphatic heterocycles. The maximum atomic E-state index is 14.6. The fourth-order valence-corrected chi connectivity index (χ4v) is 7.95. The van der Waals surface area contributed by atoms with Gasteiger partial charge in [0.1, 0.15) is 22.2 Å². The monoisotopic (exact) mass is 628 g/mol. The van der Waals surface area contributed by atoms with Crippen LogP contribution in [-0.2, 0) is 23.5 Å². The number of aryl methyl sites for hydroxylation is 1. The minimum Gasteiger partial charge on any atom is -0.291 e. The van der Waals surface area contributed by atoms with Gasteiger partial charge < -0.3 is 0 Å². The van der Waals surface area contributed by atoms with Crippen LogP contribution in [0.15, 0.2) is 71.7 Å². The van der Waals surface area contributed by atoms with E-state index in [1.807, 2.05) is 0 Å². The first-order valence-electron chi connectivity index (χ1n) is 13.9. The molecule has 1 saturated carbocycles. The molecule has 0 amide bonds. The molecule has 0 saturated heterocycles. The van der Waals surface area contributed by atoms with Crippen LogP contribution in [0.3, 0.4) is 0 Å². The molecule has 0 radical (unpaired) electrons. The van der Waals surface area contributed by atoms with Gasteiger partial charge in [0.15, 0.2) is 5.78 Å². The minimum atomic E-state index is -4.45. The lowest BCUT2D eigenvalue weighted by Gasteiger charge is -2.46. The zero-order valence-electron chi connectivity index (χ0n) is 23.8. The maximum Gasteiger partial charge on any atom is 0.258 e. The molecule has 2 aliphatic carbocycles. The van der Waals surface area contributed by atoms with E-state index in [1.54, 1.807) is 29.1 Å². The van der Waals surface area contributed by atoms with Crippen LogP contribution in [0.5, 0.6) is 0 Å². The molecule has 1 aromatic carbocycles. The molecule has 6 rings (SSSR count). The summed E-state index contributed by atoms with van der Waals surface area (Å²) in [4.78, 5) is 18.2. The number of benzene rings is 1. The first kappa shape index (κ1) is 29.9. The maximum absolute atomic E-state index is 14.6. The van der Waals surface area contributed by atoms with Gasteiger partial charge >= 0.3 is 0 Å². The Morgan fingerprint density at radius 3 is 2.52 bits per heavy atom. The number of alkyl halides is 2. The third-order valence-corrected chi connectivity index (χ3v) is 10.1. The number of ketones is 1. The molecule has 3 aromatic heterocycles. The molecule has 4 aromatic rings. The van der Waals surface area contributed by atoms with E-state index in [4.69, 9.17) is 0 Å². The quantitative estimate of drug-likeness (QED) is 0.201. The lowest BCUT2D eigenvalue weighted by Crippen LogP contribution is -2.52. The number of Topliss-reactive ketones (excluding diaryl/α,β-unsaturated/α-hetero) is 1. The second-order valence-corrected chi connectivity index (χ2v) is 13.3. The molecule has 1 fully saturated rings. The van der Waals surface area contributed by atoms with Gasteiger partial charge in [-0.15, -0.1) is 0 Å². The summed E-state index contributed by atoms with van der Waals surface area (Å²) in [5.41, 5.74) is 0.921. The number of carbonyl (C=O) groups excluding carboxylic acids is 1. The van der Waals surface area contributed by atoms with Crippen molar-refractivity contribution in [1.82, 2.24) is 28.9 Å². The molecule has 0 spiro atoms. The lowest BCUT2D eigenvalue weighted by atomic mass is 9.60. The average molecular weight is 629 g/mol. The zero-order valence-corrected chi connectivity index (χ0v) is 24.6. The van der Waals surface area contributed by atoms with Crippen molar-refractivity contribution in [2.45, 2.75) is 49.5 Å². The molecule has 9 nitrogen and oxygen atoms in total. The number of hydrogen-bond acceptors (Lipinski definition) is 6. The van der Waals surface area contributed by atoms with Gasteiger partial charge in [-0.1, -0.05) is 5.57 Å². The number of rotatable bonds is 8. The van der Waals surface area contributed by atoms with E-state index < -0.39 is 51.4 Å². The van der Waals surface area contributed by atoms with Crippen molar-refractivity contribution in [3.8, 4) is 5.69 Å². The third-order valence-electron chi connectivity index (χ3n) is 8.22. The SMILES string of the molecule is Cn1cc(S(=O)(=O)N(CC(C)(F)F)[C@H]2CCC3=Cc4c(cnn4-c4ccc(F)cc4)C[C@]3(C(=O)c3cc(F)ccn3)C2)cn1. The molecule has 14 heteroatoms. The first-order valence-corrected chi connectivity index (χ1v) is 15.3. The molecular formula is C30H28F4N6O3S. The van der Waals surface area contributed by atoms with Gasteiger partial charge in [-0.2, -0.15) is 14.5 Å². The summed E-state index contributed by atoms with van der Waals surface area (Å²) in [7, 11) is -2.94. The molecule has 230 valence electrons. The van der Waals surface area contributed by atoms with E-state index in [9.17, 15) is 30.8 Å². The number of hydrogen-bond donors (Lipinski definition) is 0. The summed E-state index contributed by atoms with van der Waals surface area (Å²) >= 11 is 0. The van der Waals surface area contributed by atoms with Crippen LogP contribution in [0, 0.1) is 17.0 Å². The van der Waals surface area contributed by atoms with Gasteiger partial charge in [0.05, 0.1) is 35.7 Å². The highest BCUT2D eigenvalue weighted by atomic mass is 32.2. The molecule has 2 aliphatic rings. The van der Waals surface area contributed by atoms with Crippen LogP contribution in [-0.4, -0.2) is 61.6 Å². The molecule has 2 atom stereocenters. The Balaban J connectivity index is 1.46. The summed E-state index contributed by atoms with van der Waals surface area (Å²) in [6, 6.07) is 6.84. The van der Waals surface area contributed by atoms with Crippen molar-refractivity contribution in [3.63, 3.8) is 0 Å². The smallest absolute Gasteiger partial charge is 0.258 e. The van der Waals surface area contributed by atoms with Crippen LogP contribution < -0.4 is 0 Å². The number of fused-ring (bicyclic) bond motifs is 2. The molecule has 0 unspecified atom stereocenters. The highest BCUT2D eigenvalue weighted by Gasteiger charge is 2.52. The Kier molecular flexibility index (Phi) is 7.31. The first-order chi connectivity index (χ1) is 20.8. The Labute approximate surface area is 250 Å². The number of aromatic nitrogens is 5. The third kappa shape index (κ3) is 5.36. The van der Waals surface area contributed by atoms with E-state index >= 15 is 0 Å². The van der Waals surface area contributed by atoms with E-state index in [2.05, 4.69) is 15.2 Å². The van der Waals surface area contributed by atoms with Gasteiger partial charge in [-0.3, -0.25) is 14.5 Å². The van der Waals surface area contributed by atoms with Crippen molar-refractivity contribution >= 4 is 21.9 Å². The summed E-state index contributed by atoms with van der Waals surface area (Å²) < 4.78 is 88.3. The molecule has 0 bridgehead atoms. The Morgan fingerprint density at radius 1 is 1.11 bits per heavy atom. The van der Waals surface area contributed by atoms with Crippen molar-refractivity contribution in [1.29, 1.82) is 0 Å². The van der Waals surface area contributed by atoms with Crippen molar-refractivity contribution in [3.05, 3.63) is 95.3 Å². The number of halogens is 4. The highest BCUT2D eigenvalue weighted by Crippen LogP contribution is 2.51. The topological polar surface area (TPSA) is 103 Å². The van der Waals surface area contributed by atoms with Gasteiger partial charge in [0, 0.05) is 38.5 Å². The van der Waals surface area contributed by atoms with Crippen LogP contribution in [0.4, 0.5) is 17.6 Å². The van der Waals surface area contributed by atoms with Crippen molar-refractivity contribution < 1.29 is 30.8 Å². The number of sulfonamides is 1. The van der Waals surface area contributed by atoms with E-state index in [0.717, 1.165) is 22.6 Å². The van der Waals surface area contributed by atoms with Crippen LogP contribution in [0.1, 0.15) is 47.9 Å². The fourth-order valence-electron chi connectivity index (χ4n) is 6.24. The van der Waals surface area contributed by atoms with Crippen LogP contribution in [0.2, 0.25) is 0 Å². The molecular weight excluding hydrogens is 600 g/mol. The zero-order chi connectivity index (χ0) is 31.4. The van der Waals surface area contributed by atoms with Crippen LogP contribution >= 0.6 is 0 Å². The molecule has 0 N–H and O–H groups in total. The van der Waals surface area contributed by atoms with Crippen molar-refractivity contribution in [2.24, 2.45) is 12.5 Å². The average Bonchev–Trinajstić information content (AvgIpc) is 3.60. The van der Waals surface area contributed by atoms with Gasteiger partial charge in [0.2, 0.25) is 10.0 Å². The number of allylic oxidation sites excluding steroid dienone is 1. The largest absolute Gasteiger partial charge is 0.291 e. The fraction of sp³-hybridized carbons (Fsp3) is 0.333. The van der Waals surface area contributed by atoms with Gasteiger partial charge in [-0.25, -0.2) is 30.7 Å². The second kappa shape index (κ2) is 10.8. The number of pyridine rings is 1. The number of nitrogens with zero attached hydrogens (tertiary/aromatic N) is 6. The molecule has 44 heavy (non-hydrogen) atoms. The highest BCUT2D eigenvalue weighted by molar-refractivity contribution is 7.89. The standard InChI is InChI=1S/C30H28F4N6O3S/c1-29(33,34)18-39(44(42,43)25-16-36-38(2)17-25)24-6-3-20-11-27-19(15-37-40(27)23-7-4-21(31)5-8-23)13-30(20,14-24)28(41)26-12-22(32)9-10-35-26/h4-5,7-12,15-17,24H,3,6,13-14,18H2,1-2H3/t24-,30-/m0/s1. The van der Waals surface area contributed by atoms with E-state index in [0.29, 0.717) is 29.4 Å². The number of carbonyl (C=O) groups is 1. The van der Waals surface area contributed by atoms with Gasteiger partial charge in [0.25, 0.3) is 5.92 Å². The summed E-state index contributed by atoms with van der Waals surface area (Å²) in [6.45, 7) is -0.467. The van der Waals surface area contributed by atoms with Gasteiger partial charge in [-0.05, 0) is 67.7 Å². The predicted molar refractivity (Wildman–Crippen MR) is 152 cm³/mol. The Morgan fingerprint density at radius 2 is 1.86 bits per heavy atom.